The Kier molecular flexibility index (Phi) is 2.97. The number of esters is 1. The fourth-order valence-corrected chi connectivity index (χ4v) is 1.96. The molecule has 0 aromatic rings. The van der Waals surface area contributed by atoms with E-state index in [1.54, 1.807) is 0 Å². The highest BCUT2D eigenvalue weighted by Crippen LogP contribution is 2.30. The molecule has 1 saturated heterocycles. The SMILES string of the molecule is O=C1OC(N2CCNCC2)C(Cl)=C1Cl. The van der Waals surface area contributed by atoms with Gasteiger partial charge in [-0.2, -0.15) is 0 Å². The van der Waals surface area contributed by atoms with E-state index in [0.29, 0.717) is 5.03 Å². The van der Waals surface area contributed by atoms with Crippen LogP contribution in [0.1, 0.15) is 0 Å². The summed E-state index contributed by atoms with van der Waals surface area (Å²) in [5, 5.41) is 3.51. The van der Waals surface area contributed by atoms with Crippen molar-refractivity contribution in [3.05, 3.63) is 10.1 Å². The number of cyclic esters (lactones) is 1. The normalized spacial score (nSPS) is 29.6. The van der Waals surface area contributed by atoms with Gasteiger partial charge in [0.1, 0.15) is 5.03 Å². The highest BCUT2D eigenvalue weighted by molar-refractivity contribution is 6.48. The van der Waals surface area contributed by atoms with Crippen molar-refractivity contribution in [3.8, 4) is 0 Å². The number of nitrogens with one attached hydrogen (secondary N) is 1. The first kappa shape index (κ1) is 10.2. The Balaban J connectivity index is 2.09. The molecule has 1 fully saturated rings. The van der Waals surface area contributed by atoms with Crippen molar-refractivity contribution in [3.63, 3.8) is 0 Å². The third-order valence-corrected chi connectivity index (χ3v) is 3.14. The zero-order chi connectivity index (χ0) is 10.1. The summed E-state index contributed by atoms with van der Waals surface area (Å²) < 4.78 is 5.05. The van der Waals surface area contributed by atoms with Crippen LogP contribution in [0.15, 0.2) is 10.1 Å². The maximum absolute atomic E-state index is 11.1. The summed E-state index contributed by atoms with van der Waals surface area (Å²) in [6.45, 7) is 3.35. The van der Waals surface area contributed by atoms with E-state index in [-0.39, 0.29) is 5.03 Å². The summed E-state index contributed by atoms with van der Waals surface area (Å²) in [5.74, 6) is -0.528. The molecule has 2 aliphatic heterocycles. The van der Waals surface area contributed by atoms with Gasteiger partial charge in [-0.3, -0.25) is 4.90 Å². The monoisotopic (exact) mass is 236 g/mol. The number of hydrogen-bond acceptors (Lipinski definition) is 4. The van der Waals surface area contributed by atoms with Crippen molar-refractivity contribution in [2.75, 3.05) is 26.2 Å². The van der Waals surface area contributed by atoms with Crippen LogP contribution in [0.4, 0.5) is 0 Å². The van der Waals surface area contributed by atoms with E-state index in [0.717, 1.165) is 26.2 Å². The average Bonchev–Trinajstić information content (AvgIpc) is 2.47. The van der Waals surface area contributed by atoms with Crippen LogP contribution in [0, 0.1) is 0 Å². The number of carbonyl (C=O) groups excluding carboxylic acids is 1. The lowest BCUT2D eigenvalue weighted by Gasteiger charge is -2.31. The first-order chi connectivity index (χ1) is 6.70. The molecule has 0 aliphatic carbocycles. The Hall–Kier alpha value is -0.290. The van der Waals surface area contributed by atoms with Crippen LogP contribution in [0.5, 0.6) is 0 Å². The van der Waals surface area contributed by atoms with Crippen LogP contribution in [0.25, 0.3) is 0 Å². The van der Waals surface area contributed by atoms with Gasteiger partial charge in [-0.15, -0.1) is 0 Å². The fraction of sp³-hybridized carbons (Fsp3) is 0.625. The van der Waals surface area contributed by atoms with E-state index in [2.05, 4.69) is 5.32 Å². The van der Waals surface area contributed by atoms with Crippen molar-refractivity contribution < 1.29 is 9.53 Å². The number of nitrogens with zero attached hydrogens (tertiary/aromatic N) is 1. The standard InChI is InChI=1S/C8H10Cl2N2O2/c9-5-6(10)8(13)14-7(5)12-3-1-11-2-4-12/h7,11H,1-4H2. The molecular formula is C8H10Cl2N2O2. The highest BCUT2D eigenvalue weighted by atomic mass is 35.5. The molecule has 6 heteroatoms. The summed E-state index contributed by atoms with van der Waals surface area (Å²) >= 11 is 11.6. The molecule has 2 heterocycles. The molecule has 1 unspecified atom stereocenters. The molecule has 0 spiro atoms. The Labute approximate surface area is 91.8 Å². The van der Waals surface area contributed by atoms with Gasteiger partial charge in [-0.25, -0.2) is 4.79 Å². The lowest BCUT2D eigenvalue weighted by Crippen LogP contribution is -2.48. The first-order valence-electron chi connectivity index (χ1n) is 4.41. The minimum Gasteiger partial charge on any atom is -0.437 e. The van der Waals surface area contributed by atoms with E-state index in [1.807, 2.05) is 4.90 Å². The van der Waals surface area contributed by atoms with Gasteiger partial charge in [0.05, 0.1) is 5.03 Å². The van der Waals surface area contributed by atoms with E-state index in [4.69, 9.17) is 27.9 Å². The van der Waals surface area contributed by atoms with Gasteiger partial charge >= 0.3 is 5.97 Å². The molecule has 2 aliphatic rings. The summed E-state index contributed by atoms with van der Waals surface area (Å²) in [6.07, 6.45) is -0.473. The summed E-state index contributed by atoms with van der Waals surface area (Å²) in [6, 6.07) is 0. The minimum absolute atomic E-state index is 0.00944. The molecule has 0 saturated carbocycles. The number of halogens is 2. The predicted molar refractivity (Wildman–Crippen MR) is 53.1 cm³/mol. The van der Waals surface area contributed by atoms with Crippen LogP contribution >= 0.6 is 23.2 Å². The number of carbonyl (C=O) groups is 1. The molecule has 0 aromatic heterocycles. The van der Waals surface area contributed by atoms with E-state index < -0.39 is 12.2 Å². The second kappa shape index (κ2) is 4.06. The molecule has 2 rings (SSSR count). The Morgan fingerprint density at radius 3 is 2.50 bits per heavy atom. The fourth-order valence-electron chi connectivity index (χ4n) is 1.56. The van der Waals surface area contributed by atoms with Crippen molar-refractivity contribution in [1.29, 1.82) is 0 Å². The van der Waals surface area contributed by atoms with Crippen molar-refractivity contribution in [2.45, 2.75) is 6.23 Å². The van der Waals surface area contributed by atoms with Crippen molar-refractivity contribution in [1.82, 2.24) is 10.2 Å². The average molecular weight is 237 g/mol. The predicted octanol–water partition coefficient (Wildman–Crippen LogP) is 0.464. The third kappa shape index (κ3) is 1.75. The molecule has 0 radical (unpaired) electrons. The van der Waals surface area contributed by atoms with E-state index in [9.17, 15) is 4.79 Å². The van der Waals surface area contributed by atoms with Crippen LogP contribution in [-0.4, -0.2) is 43.3 Å². The maximum Gasteiger partial charge on any atom is 0.353 e. The molecule has 1 atom stereocenters. The number of ether oxygens (including phenoxy) is 1. The molecule has 0 aromatic carbocycles. The van der Waals surface area contributed by atoms with Crippen LogP contribution in [0.2, 0.25) is 0 Å². The minimum atomic E-state index is -0.528. The molecular weight excluding hydrogens is 227 g/mol. The Morgan fingerprint density at radius 2 is 2.00 bits per heavy atom. The molecule has 0 amide bonds. The maximum atomic E-state index is 11.1. The molecule has 0 bridgehead atoms. The summed E-state index contributed by atoms with van der Waals surface area (Å²) in [4.78, 5) is 13.1. The van der Waals surface area contributed by atoms with Crippen LogP contribution in [-0.2, 0) is 9.53 Å². The molecule has 14 heavy (non-hydrogen) atoms. The largest absolute Gasteiger partial charge is 0.437 e. The lowest BCUT2D eigenvalue weighted by atomic mass is 10.3. The molecule has 1 N–H and O–H groups in total. The number of hydrogen-bond donors (Lipinski definition) is 1. The second-order valence-corrected chi connectivity index (χ2v) is 3.99. The topological polar surface area (TPSA) is 41.6 Å². The highest BCUT2D eigenvalue weighted by Gasteiger charge is 2.36. The van der Waals surface area contributed by atoms with Gasteiger partial charge in [0.25, 0.3) is 0 Å². The second-order valence-electron chi connectivity index (χ2n) is 3.21. The van der Waals surface area contributed by atoms with E-state index in [1.165, 1.54) is 0 Å². The quantitative estimate of drug-likeness (QED) is 0.673. The van der Waals surface area contributed by atoms with Gasteiger partial charge < -0.3 is 10.1 Å². The zero-order valence-corrected chi connectivity index (χ0v) is 8.94. The van der Waals surface area contributed by atoms with Gasteiger partial charge in [0.15, 0.2) is 6.23 Å². The van der Waals surface area contributed by atoms with Crippen molar-refractivity contribution >= 4 is 29.2 Å². The Bertz CT molecular complexity index is 287. The Morgan fingerprint density at radius 1 is 1.36 bits per heavy atom. The third-order valence-electron chi connectivity index (χ3n) is 2.31. The molecule has 78 valence electrons. The van der Waals surface area contributed by atoms with Gasteiger partial charge in [-0.05, 0) is 0 Å². The van der Waals surface area contributed by atoms with Crippen LogP contribution < -0.4 is 5.32 Å². The molecule has 4 nitrogen and oxygen atoms in total. The van der Waals surface area contributed by atoms with Gasteiger partial charge in [0, 0.05) is 26.2 Å². The number of rotatable bonds is 1. The smallest absolute Gasteiger partial charge is 0.353 e. The lowest BCUT2D eigenvalue weighted by molar-refractivity contribution is -0.146. The summed E-state index contributed by atoms with van der Waals surface area (Å²) in [7, 11) is 0. The van der Waals surface area contributed by atoms with E-state index >= 15 is 0 Å². The van der Waals surface area contributed by atoms with Gasteiger partial charge in [-0.1, -0.05) is 23.2 Å². The van der Waals surface area contributed by atoms with Crippen molar-refractivity contribution in [2.24, 2.45) is 0 Å². The zero-order valence-electron chi connectivity index (χ0n) is 7.43. The summed E-state index contributed by atoms with van der Waals surface area (Å²) in [5.41, 5.74) is 0. The first-order valence-corrected chi connectivity index (χ1v) is 5.16. The van der Waals surface area contributed by atoms with Crippen LogP contribution in [0.3, 0.4) is 0 Å². The number of piperazine rings is 1. The van der Waals surface area contributed by atoms with Gasteiger partial charge in [0.2, 0.25) is 0 Å².